The van der Waals surface area contributed by atoms with E-state index in [1.54, 1.807) is 0 Å². The van der Waals surface area contributed by atoms with Crippen LogP contribution in [0.25, 0.3) is 0 Å². The molecule has 0 aromatic heterocycles. The van der Waals surface area contributed by atoms with Crippen LogP contribution in [-0.2, 0) is 4.74 Å². The number of epoxide rings is 1. The Bertz CT molecular complexity index is 55.5. The third-order valence-corrected chi connectivity index (χ3v) is 0.204. The Morgan fingerprint density at radius 2 is 1.50 bits per heavy atom. The summed E-state index contributed by atoms with van der Waals surface area (Å²) in [6.45, 7) is 2.00. The van der Waals surface area contributed by atoms with Crippen LogP contribution in [0.3, 0.4) is 0 Å². The molecule has 0 aliphatic carbocycles. The van der Waals surface area contributed by atoms with Gasteiger partial charge in [0.15, 0.2) is 0 Å². The van der Waals surface area contributed by atoms with E-state index in [0.717, 1.165) is 13.2 Å². The first-order valence-corrected chi connectivity index (χ1v) is 1.73. The summed E-state index contributed by atoms with van der Waals surface area (Å²) in [5.74, 6) is 0. The molecule has 0 radical (unpaired) electrons. The van der Waals surface area contributed by atoms with Crippen LogP contribution in [0.15, 0.2) is 0 Å². The number of carbonyl (C=O) groups is 1. The molecule has 5 heteroatoms. The first-order chi connectivity index (χ1) is 3.23. The SMILES string of the molecule is C1CO1.O=C(O)O.[NaH]. The van der Waals surface area contributed by atoms with Gasteiger partial charge in [-0.05, 0) is 0 Å². The molecule has 0 aromatic rings. The van der Waals surface area contributed by atoms with Crippen molar-refractivity contribution in [3.05, 3.63) is 0 Å². The van der Waals surface area contributed by atoms with Crippen molar-refractivity contribution in [3.63, 3.8) is 0 Å². The fourth-order valence-corrected chi connectivity index (χ4v) is 0. The molecule has 1 saturated heterocycles. The number of ether oxygens (including phenoxy) is 1. The van der Waals surface area contributed by atoms with Crippen LogP contribution in [0.4, 0.5) is 4.79 Å². The first kappa shape index (κ1) is 11.1. The minimum atomic E-state index is -1.83. The molecule has 8 heavy (non-hydrogen) atoms. The van der Waals surface area contributed by atoms with Gasteiger partial charge in [-0.2, -0.15) is 0 Å². The molecular weight excluding hydrogens is 123 g/mol. The Hall–Kier alpha value is 0.230. The van der Waals surface area contributed by atoms with Crippen molar-refractivity contribution in [2.75, 3.05) is 13.2 Å². The Kier molecular flexibility index (Phi) is 10.0. The van der Waals surface area contributed by atoms with Gasteiger partial charge >= 0.3 is 35.7 Å². The van der Waals surface area contributed by atoms with Gasteiger partial charge < -0.3 is 14.9 Å². The fraction of sp³-hybridized carbons (Fsp3) is 0.667. The second kappa shape index (κ2) is 7.23. The van der Waals surface area contributed by atoms with Crippen LogP contribution in [0, 0.1) is 0 Å². The predicted octanol–water partition coefficient (Wildman–Crippen LogP) is -0.410. The van der Waals surface area contributed by atoms with Gasteiger partial charge in [0.2, 0.25) is 0 Å². The maximum atomic E-state index is 8.56. The van der Waals surface area contributed by atoms with Crippen molar-refractivity contribution in [3.8, 4) is 0 Å². The summed E-state index contributed by atoms with van der Waals surface area (Å²) in [5, 5.41) is 13.9. The molecule has 1 aliphatic heterocycles. The van der Waals surface area contributed by atoms with Gasteiger partial charge in [0, 0.05) is 0 Å². The van der Waals surface area contributed by atoms with E-state index >= 15 is 0 Å². The molecule has 4 nitrogen and oxygen atoms in total. The molecule has 0 bridgehead atoms. The van der Waals surface area contributed by atoms with Gasteiger partial charge in [-0.15, -0.1) is 0 Å². The van der Waals surface area contributed by atoms with Gasteiger partial charge in [-0.3, -0.25) is 0 Å². The van der Waals surface area contributed by atoms with Gasteiger partial charge in [-0.25, -0.2) is 4.79 Å². The van der Waals surface area contributed by atoms with E-state index in [4.69, 9.17) is 15.0 Å². The van der Waals surface area contributed by atoms with E-state index in [-0.39, 0.29) is 29.6 Å². The molecule has 0 spiro atoms. The standard InChI is InChI=1S/C2H4O.CH2O3.Na.H/c1-2-3-1;2-1(3)4;;/h1-2H2;(H2,2,3,4);;. The average Bonchev–Trinajstić information content (AvgIpc) is 2.02. The van der Waals surface area contributed by atoms with E-state index in [9.17, 15) is 0 Å². The molecule has 0 amide bonds. The molecular formula is C3H7NaO4. The zero-order chi connectivity index (χ0) is 5.70. The molecule has 0 saturated carbocycles. The van der Waals surface area contributed by atoms with E-state index in [1.807, 2.05) is 0 Å². The summed E-state index contributed by atoms with van der Waals surface area (Å²) in [6.07, 6.45) is -1.83. The van der Waals surface area contributed by atoms with Crippen LogP contribution in [-0.4, -0.2) is 59.1 Å². The number of hydrogen-bond donors (Lipinski definition) is 2. The van der Waals surface area contributed by atoms with E-state index in [0.29, 0.717) is 0 Å². The summed E-state index contributed by atoms with van der Waals surface area (Å²) in [5.41, 5.74) is 0. The predicted molar refractivity (Wildman–Crippen MR) is 28.6 cm³/mol. The molecule has 0 aromatic carbocycles. The molecule has 1 fully saturated rings. The maximum absolute atomic E-state index is 8.56. The number of rotatable bonds is 0. The molecule has 1 rings (SSSR count). The van der Waals surface area contributed by atoms with Crippen LogP contribution >= 0.6 is 0 Å². The first-order valence-electron chi connectivity index (χ1n) is 1.73. The third kappa shape index (κ3) is 113. The number of carboxylic acid groups (broad SMARTS) is 2. The van der Waals surface area contributed by atoms with Crippen molar-refractivity contribution < 1.29 is 19.7 Å². The molecule has 2 N–H and O–H groups in total. The van der Waals surface area contributed by atoms with Crippen LogP contribution in [0.5, 0.6) is 0 Å². The van der Waals surface area contributed by atoms with E-state index in [2.05, 4.69) is 4.74 Å². The Morgan fingerprint density at radius 1 is 1.38 bits per heavy atom. The molecule has 1 heterocycles. The normalized spacial score (nSPS) is 12.0. The Balaban J connectivity index is 0. The van der Waals surface area contributed by atoms with Crippen molar-refractivity contribution >= 4 is 35.7 Å². The van der Waals surface area contributed by atoms with Gasteiger partial charge in [0.1, 0.15) is 0 Å². The quantitative estimate of drug-likeness (QED) is 0.345. The molecule has 0 unspecified atom stereocenters. The second-order valence-electron chi connectivity index (χ2n) is 0.895. The van der Waals surface area contributed by atoms with Gasteiger partial charge in [0.05, 0.1) is 13.2 Å². The molecule has 0 atom stereocenters. The zero-order valence-electron chi connectivity index (χ0n) is 3.63. The number of hydrogen-bond acceptors (Lipinski definition) is 2. The zero-order valence-corrected chi connectivity index (χ0v) is 3.63. The Morgan fingerprint density at radius 3 is 1.50 bits per heavy atom. The van der Waals surface area contributed by atoms with E-state index in [1.165, 1.54) is 0 Å². The third-order valence-electron chi connectivity index (χ3n) is 0.204. The van der Waals surface area contributed by atoms with Crippen molar-refractivity contribution in [1.29, 1.82) is 0 Å². The molecule has 1 aliphatic rings. The molecule has 44 valence electrons. The van der Waals surface area contributed by atoms with E-state index < -0.39 is 6.16 Å². The second-order valence-corrected chi connectivity index (χ2v) is 0.895. The van der Waals surface area contributed by atoms with Crippen LogP contribution in [0.1, 0.15) is 0 Å². The van der Waals surface area contributed by atoms with Gasteiger partial charge in [0.25, 0.3) is 0 Å². The summed E-state index contributed by atoms with van der Waals surface area (Å²) in [6, 6.07) is 0. The summed E-state index contributed by atoms with van der Waals surface area (Å²) in [7, 11) is 0. The Labute approximate surface area is 68.7 Å². The van der Waals surface area contributed by atoms with Crippen molar-refractivity contribution in [1.82, 2.24) is 0 Å². The monoisotopic (exact) mass is 130 g/mol. The summed E-state index contributed by atoms with van der Waals surface area (Å²) >= 11 is 0. The average molecular weight is 130 g/mol. The summed E-state index contributed by atoms with van der Waals surface area (Å²) in [4.78, 5) is 8.56. The van der Waals surface area contributed by atoms with Crippen molar-refractivity contribution in [2.24, 2.45) is 0 Å². The minimum absolute atomic E-state index is 0. The van der Waals surface area contributed by atoms with Crippen LogP contribution in [0.2, 0.25) is 0 Å². The fourth-order valence-electron chi connectivity index (χ4n) is 0. The topological polar surface area (TPSA) is 70.1 Å². The van der Waals surface area contributed by atoms with Crippen LogP contribution < -0.4 is 0 Å². The summed E-state index contributed by atoms with van der Waals surface area (Å²) < 4.78 is 4.50. The van der Waals surface area contributed by atoms with Crippen molar-refractivity contribution in [2.45, 2.75) is 0 Å². The van der Waals surface area contributed by atoms with Gasteiger partial charge in [-0.1, -0.05) is 0 Å².